The van der Waals surface area contributed by atoms with Crippen LogP contribution in [0.1, 0.15) is 34.1 Å². The number of hydrogen-bond donors (Lipinski definition) is 0. The first kappa shape index (κ1) is 16.5. The number of para-hydroxylation sites is 1. The molecule has 0 saturated carbocycles. The first-order valence-electron chi connectivity index (χ1n) is 9.29. The number of carbonyl (C=O) groups is 1. The lowest BCUT2D eigenvalue weighted by atomic mass is 9.98. The quantitative estimate of drug-likeness (QED) is 0.486. The topological polar surface area (TPSA) is 45.8 Å². The van der Waals surface area contributed by atoms with Crippen LogP contribution in [0, 0.1) is 0 Å². The molecule has 5 rings (SSSR count). The van der Waals surface area contributed by atoms with Crippen molar-refractivity contribution < 1.29 is 9.21 Å². The summed E-state index contributed by atoms with van der Waals surface area (Å²) < 4.78 is 5.81. The number of amides is 1. The van der Waals surface area contributed by atoms with Gasteiger partial charge in [-0.15, -0.1) is 0 Å². The molecule has 4 heteroatoms. The molecular weight excluding hydrogens is 348 g/mol. The van der Waals surface area contributed by atoms with Crippen LogP contribution in [0.15, 0.2) is 101 Å². The van der Waals surface area contributed by atoms with Gasteiger partial charge >= 0.3 is 5.91 Å². The average Bonchev–Trinajstić information content (AvgIpc) is 3.39. The number of benzene rings is 3. The standard InChI is InChI=1S/C24H18N2O2/c27-24(23-15-19-13-7-8-14-22(19)28-23)26-21(18-11-5-2-6-12-18)16-20(25-26)17-9-3-1-4-10-17/h1-15,21H,16H2. The number of nitrogens with zero attached hydrogens (tertiary/aromatic N) is 2. The number of fused-ring (bicyclic) bond motifs is 1. The van der Waals surface area contributed by atoms with Crippen molar-refractivity contribution in [2.75, 3.05) is 0 Å². The van der Waals surface area contributed by atoms with Crippen molar-refractivity contribution in [2.45, 2.75) is 12.5 Å². The van der Waals surface area contributed by atoms with E-state index in [1.54, 1.807) is 11.1 Å². The minimum atomic E-state index is -0.226. The lowest BCUT2D eigenvalue weighted by Crippen LogP contribution is -2.26. The zero-order chi connectivity index (χ0) is 18.9. The summed E-state index contributed by atoms with van der Waals surface area (Å²) in [6.45, 7) is 0. The molecule has 0 aliphatic carbocycles. The van der Waals surface area contributed by atoms with Crippen molar-refractivity contribution in [1.29, 1.82) is 0 Å². The molecule has 28 heavy (non-hydrogen) atoms. The molecule has 136 valence electrons. The first-order chi connectivity index (χ1) is 13.8. The van der Waals surface area contributed by atoms with E-state index in [9.17, 15) is 4.79 Å². The largest absolute Gasteiger partial charge is 0.451 e. The van der Waals surface area contributed by atoms with Crippen molar-refractivity contribution in [3.05, 3.63) is 108 Å². The van der Waals surface area contributed by atoms with Crippen LogP contribution in [0.3, 0.4) is 0 Å². The third-order valence-electron chi connectivity index (χ3n) is 5.05. The summed E-state index contributed by atoms with van der Waals surface area (Å²) in [6.07, 6.45) is 0.667. The minimum Gasteiger partial charge on any atom is -0.451 e. The minimum absolute atomic E-state index is 0.155. The summed E-state index contributed by atoms with van der Waals surface area (Å²) >= 11 is 0. The van der Waals surface area contributed by atoms with E-state index in [0.717, 1.165) is 22.2 Å². The van der Waals surface area contributed by atoms with Gasteiger partial charge in [0.05, 0.1) is 11.8 Å². The van der Waals surface area contributed by atoms with Gasteiger partial charge in [0.1, 0.15) is 5.58 Å². The average molecular weight is 366 g/mol. The Labute approximate surface area is 162 Å². The molecule has 2 heterocycles. The molecule has 1 unspecified atom stereocenters. The normalized spacial score (nSPS) is 16.4. The fourth-order valence-electron chi connectivity index (χ4n) is 3.64. The summed E-state index contributed by atoms with van der Waals surface area (Å²) in [4.78, 5) is 13.3. The molecule has 0 saturated heterocycles. The van der Waals surface area contributed by atoms with E-state index in [0.29, 0.717) is 17.8 Å². The van der Waals surface area contributed by atoms with Crippen molar-refractivity contribution in [3.8, 4) is 0 Å². The summed E-state index contributed by atoms with van der Waals surface area (Å²) in [5.41, 5.74) is 3.69. The third kappa shape index (κ3) is 2.89. The highest BCUT2D eigenvalue weighted by Crippen LogP contribution is 2.34. The van der Waals surface area contributed by atoms with Crippen LogP contribution in [0.5, 0.6) is 0 Å². The molecule has 1 aliphatic heterocycles. The Morgan fingerprint density at radius 2 is 1.57 bits per heavy atom. The summed E-state index contributed by atoms with van der Waals surface area (Å²) in [6, 6.07) is 29.3. The van der Waals surface area contributed by atoms with Gasteiger partial charge < -0.3 is 4.42 Å². The highest BCUT2D eigenvalue weighted by molar-refractivity contribution is 6.05. The van der Waals surface area contributed by atoms with Gasteiger partial charge in [-0.2, -0.15) is 5.10 Å². The van der Waals surface area contributed by atoms with Crippen LogP contribution in [0.2, 0.25) is 0 Å². The second kappa shape index (κ2) is 6.82. The number of furan rings is 1. The molecule has 0 radical (unpaired) electrons. The van der Waals surface area contributed by atoms with Crippen LogP contribution in [-0.2, 0) is 0 Å². The van der Waals surface area contributed by atoms with E-state index in [-0.39, 0.29) is 11.9 Å². The van der Waals surface area contributed by atoms with Crippen molar-refractivity contribution in [2.24, 2.45) is 5.10 Å². The fourth-order valence-corrected chi connectivity index (χ4v) is 3.64. The van der Waals surface area contributed by atoms with E-state index >= 15 is 0 Å². The van der Waals surface area contributed by atoms with E-state index in [1.165, 1.54) is 0 Å². The van der Waals surface area contributed by atoms with Gasteiger partial charge in [-0.05, 0) is 23.3 Å². The molecule has 1 amide bonds. The number of hydrogen-bond acceptors (Lipinski definition) is 3. The Balaban J connectivity index is 1.56. The van der Waals surface area contributed by atoms with Crippen molar-refractivity contribution >= 4 is 22.6 Å². The van der Waals surface area contributed by atoms with Crippen LogP contribution in [0.4, 0.5) is 0 Å². The molecule has 3 aromatic carbocycles. The lowest BCUT2D eigenvalue weighted by molar-refractivity contribution is 0.0681. The molecular formula is C24H18N2O2. The zero-order valence-corrected chi connectivity index (χ0v) is 15.2. The third-order valence-corrected chi connectivity index (χ3v) is 5.05. The predicted octanol–water partition coefficient (Wildman–Crippen LogP) is 5.42. The smallest absolute Gasteiger partial charge is 0.310 e. The molecule has 4 aromatic rings. The van der Waals surface area contributed by atoms with E-state index in [2.05, 4.69) is 0 Å². The fraction of sp³-hybridized carbons (Fsp3) is 0.0833. The SMILES string of the molecule is O=C(c1cc2ccccc2o1)N1N=C(c2ccccc2)CC1c1ccccc1. The second-order valence-corrected chi connectivity index (χ2v) is 6.84. The maximum absolute atomic E-state index is 13.3. The predicted molar refractivity (Wildman–Crippen MR) is 109 cm³/mol. The van der Waals surface area contributed by atoms with Gasteiger partial charge in [0.15, 0.2) is 5.76 Å². The second-order valence-electron chi connectivity index (χ2n) is 6.84. The molecule has 1 aromatic heterocycles. The van der Waals surface area contributed by atoms with Gasteiger partial charge in [0.2, 0.25) is 0 Å². The zero-order valence-electron chi connectivity index (χ0n) is 15.2. The summed E-state index contributed by atoms with van der Waals surface area (Å²) in [5.74, 6) is 0.0798. The molecule has 0 spiro atoms. The maximum Gasteiger partial charge on any atom is 0.310 e. The van der Waals surface area contributed by atoms with Gasteiger partial charge in [-0.3, -0.25) is 4.79 Å². The molecule has 1 atom stereocenters. The Kier molecular flexibility index (Phi) is 4.02. The van der Waals surface area contributed by atoms with Gasteiger partial charge in [0.25, 0.3) is 0 Å². The lowest BCUT2D eigenvalue weighted by Gasteiger charge is -2.21. The van der Waals surface area contributed by atoms with Crippen LogP contribution in [-0.4, -0.2) is 16.6 Å². The van der Waals surface area contributed by atoms with Crippen LogP contribution in [0.25, 0.3) is 11.0 Å². The summed E-state index contributed by atoms with van der Waals surface area (Å²) in [5, 5.41) is 7.18. The van der Waals surface area contributed by atoms with Gasteiger partial charge in [-0.1, -0.05) is 78.9 Å². The highest BCUT2D eigenvalue weighted by atomic mass is 16.3. The molecule has 0 N–H and O–H groups in total. The Hall–Kier alpha value is -3.66. The van der Waals surface area contributed by atoms with E-state index < -0.39 is 0 Å². The van der Waals surface area contributed by atoms with Crippen molar-refractivity contribution in [1.82, 2.24) is 5.01 Å². The number of rotatable bonds is 3. The summed E-state index contributed by atoms with van der Waals surface area (Å²) in [7, 11) is 0. The van der Waals surface area contributed by atoms with Crippen LogP contribution < -0.4 is 0 Å². The molecule has 0 fully saturated rings. The van der Waals surface area contributed by atoms with E-state index in [1.807, 2.05) is 84.9 Å². The van der Waals surface area contributed by atoms with Crippen molar-refractivity contribution in [3.63, 3.8) is 0 Å². The molecule has 4 nitrogen and oxygen atoms in total. The molecule has 0 bridgehead atoms. The number of carbonyl (C=O) groups excluding carboxylic acids is 1. The number of hydrazone groups is 1. The first-order valence-corrected chi connectivity index (χ1v) is 9.29. The Morgan fingerprint density at radius 1 is 0.893 bits per heavy atom. The Bertz CT molecular complexity index is 1130. The van der Waals surface area contributed by atoms with E-state index in [4.69, 9.17) is 9.52 Å². The Morgan fingerprint density at radius 3 is 2.32 bits per heavy atom. The maximum atomic E-state index is 13.3. The monoisotopic (exact) mass is 366 g/mol. The van der Waals surface area contributed by atoms with Crippen LogP contribution >= 0.6 is 0 Å². The molecule has 1 aliphatic rings. The van der Waals surface area contributed by atoms with Gasteiger partial charge in [0, 0.05) is 11.8 Å². The highest BCUT2D eigenvalue weighted by Gasteiger charge is 2.34. The van der Waals surface area contributed by atoms with Gasteiger partial charge in [-0.25, -0.2) is 5.01 Å².